The van der Waals surface area contributed by atoms with Crippen LogP contribution in [0.25, 0.3) is 0 Å². The van der Waals surface area contributed by atoms with E-state index in [4.69, 9.17) is 11.6 Å². The summed E-state index contributed by atoms with van der Waals surface area (Å²) in [7, 11) is 0. The second kappa shape index (κ2) is 9.66. The molecule has 1 heterocycles. The summed E-state index contributed by atoms with van der Waals surface area (Å²) < 4.78 is 40.9. The first-order valence-electron chi connectivity index (χ1n) is 10.9. The van der Waals surface area contributed by atoms with Crippen molar-refractivity contribution in [2.45, 2.75) is 56.2 Å². The van der Waals surface area contributed by atoms with E-state index in [1.54, 1.807) is 24.3 Å². The minimum absolute atomic E-state index is 0.105. The number of carbonyl (C=O) groups is 3. The number of alkyl halides is 2. The SMILES string of the molecule is O=C1CC[C@@H](CC(=O)N(c2cccc(F)c2)C(C(=O)NC2CC(F)(F)C2)c2ccccc2Cl)N1. The summed E-state index contributed by atoms with van der Waals surface area (Å²) in [6.45, 7) is 0. The molecule has 1 unspecified atom stereocenters. The molecule has 0 radical (unpaired) electrons. The van der Waals surface area contributed by atoms with Gasteiger partial charge in [-0.25, -0.2) is 13.2 Å². The van der Waals surface area contributed by atoms with Crippen molar-refractivity contribution in [3.63, 3.8) is 0 Å². The molecule has 2 aliphatic rings. The van der Waals surface area contributed by atoms with Gasteiger partial charge in [0.15, 0.2) is 0 Å². The number of anilines is 1. The molecule has 2 fully saturated rings. The van der Waals surface area contributed by atoms with Crippen molar-refractivity contribution in [3.8, 4) is 0 Å². The average molecular weight is 494 g/mol. The lowest BCUT2D eigenvalue weighted by atomic mass is 9.87. The van der Waals surface area contributed by atoms with Gasteiger partial charge in [-0.15, -0.1) is 0 Å². The summed E-state index contributed by atoms with van der Waals surface area (Å²) in [5.41, 5.74) is 0.370. The van der Waals surface area contributed by atoms with Gasteiger partial charge < -0.3 is 10.6 Å². The maximum Gasteiger partial charge on any atom is 0.252 e. The van der Waals surface area contributed by atoms with E-state index in [2.05, 4.69) is 10.6 Å². The van der Waals surface area contributed by atoms with Gasteiger partial charge in [0.05, 0.1) is 0 Å². The average Bonchev–Trinajstić information content (AvgIpc) is 3.15. The summed E-state index contributed by atoms with van der Waals surface area (Å²) in [6.07, 6.45) is -0.409. The molecule has 34 heavy (non-hydrogen) atoms. The van der Waals surface area contributed by atoms with Gasteiger partial charge in [0.25, 0.3) is 5.92 Å². The monoisotopic (exact) mass is 493 g/mol. The Labute approximate surface area is 199 Å². The van der Waals surface area contributed by atoms with Crippen molar-refractivity contribution in [1.29, 1.82) is 0 Å². The number of hydrogen-bond donors (Lipinski definition) is 2. The first kappa shape index (κ1) is 24.1. The first-order chi connectivity index (χ1) is 16.1. The van der Waals surface area contributed by atoms with E-state index in [0.717, 1.165) is 11.0 Å². The van der Waals surface area contributed by atoms with Crippen LogP contribution in [-0.4, -0.2) is 35.7 Å². The van der Waals surface area contributed by atoms with E-state index in [1.807, 2.05) is 0 Å². The Bertz CT molecular complexity index is 1110. The van der Waals surface area contributed by atoms with E-state index < -0.39 is 54.5 Å². The summed E-state index contributed by atoms with van der Waals surface area (Å²) in [6, 6.07) is 9.03. The number of nitrogens with zero attached hydrogens (tertiary/aromatic N) is 1. The lowest BCUT2D eigenvalue weighted by Gasteiger charge is -2.38. The summed E-state index contributed by atoms with van der Waals surface area (Å²) >= 11 is 6.38. The second-order valence-corrected chi connectivity index (χ2v) is 9.05. The quantitative estimate of drug-likeness (QED) is 0.608. The van der Waals surface area contributed by atoms with Crippen molar-refractivity contribution >= 4 is 35.0 Å². The summed E-state index contributed by atoms with van der Waals surface area (Å²) in [5.74, 6) is -4.90. The zero-order chi connectivity index (χ0) is 24.5. The number of nitrogens with one attached hydrogen (secondary N) is 2. The fourth-order valence-corrected chi connectivity index (χ4v) is 4.58. The van der Waals surface area contributed by atoms with Crippen LogP contribution < -0.4 is 15.5 Å². The van der Waals surface area contributed by atoms with Crippen LogP contribution in [0.1, 0.15) is 43.7 Å². The highest BCUT2D eigenvalue weighted by molar-refractivity contribution is 6.31. The molecule has 2 aromatic rings. The third-order valence-electron chi connectivity index (χ3n) is 6.00. The van der Waals surface area contributed by atoms with Crippen LogP contribution >= 0.6 is 11.6 Å². The zero-order valence-electron chi connectivity index (χ0n) is 18.1. The van der Waals surface area contributed by atoms with Gasteiger partial charge in [-0.3, -0.25) is 19.3 Å². The maximum atomic E-state index is 14.1. The molecule has 3 amide bonds. The molecular weight excluding hydrogens is 471 g/mol. The Morgan fingerprint density at radius 2 is 1.91 bits per heavy atom. The zero-order valence-corrected chi connectivity index (χ0v) is 18.8. The van der Waals surface area contributed by atoms with Gasteiger partial charge in [0, 0.05) is 54.0 Å². The Hall–Kier alpha value is -3.07. The number of amides is 3. The maximum absolute atomic E-state index is 14.1. The minimum Gasteiger partial charge on any atom is -0.353 e. The van der Waals surface area contributed by atoms with Crippen molar-refractivity contribution in [1.82, 2.24) is 10.6 Å². The number of carbonyl (C=O) groups excluding carboxylic acids is 3. The summed E-state index contributed by atoms with van der Waals surface area (Å²) in [4.78, 5) is 39.7. The van der Waals surface area contributed by atoms with Crippen LogP contribution in [0.3, 0.4) is 0 Å². The molecule has 2 aromatic carbocycles. The normalized spacial score (nSPS) is 20.2. The highest BCUT2D eigenvalue weighted by Crippen LogP contribution is 2.39. The predicted octanol–water partition coefficient (Wildman–Crippen LogP) is 4.14. The number of hydrogen-bond acceptors (Lipinski definition) is 3. The largest absolute Gasteiger partial charge is 0.353 e. The van der Waals surface area contributed by atoms with E-state index >= 15 is 0 Å². The van der Waals surface area contributed by atoms with Gasteiger partial charge in [-0.1, -0.05) is 35.9 Å². The van der Waals surface area contributed by atoms with Crippen LogP contribution in [0, 0.1) is 5.82 Å². The van der Waals surface area contributed by atoms with Gasteiger partial charge in [-0.2, -0.15) is 0 Å². The molecule has 1 saturated heterocycles. The van der Waals surface area contributed by atoms with Crippen LogP contribution in [0.2, 0.25) is 5.02 Å². The second-order valence-electron chi connectivity index (χ2n) is 8.64. The molecule has 6 nitrogen and oxygen atoms in total. The fourth-order valence-electron chi connectivity index (χ4n) is 4.34. The number of rotatable bonds is 7. The Balaban J connectivity index is 1.72. The molecule has 0 bridgehead atoms. The van der Waals surface area contributed by atoms with Crippen molar-refractivity contribution in [2.24, 2.45) is 0 Å². The van der Waals surface area contributed by atoms with E-state index in [0.29, 0.717) is 6.42 Å². The Morgan fingerprint density at radius 1 is 1.18 bits per heavy atom. The molecular formula is C24H23ClF3N3O3. The third kappa shape index (κ3) is 5.35. The molecule has 0 aromatic heterocycles. The molecule has 180 valence electrons. The summed E-state index contributed by atoms with van der Waals surface area (Å²) in [5, 5.41) is 5.48. The van der Waals surface area contributed by atoms with Crippen LogP contribution in [-0.2, 0) is 14.4 Å². The first-order valence-corrected chi connectivity index (χ1v) is 11.3. The fraction of sp³-hybridized carbons (Fsp3) is 0.375. The lowest BCUT2D eigenvalue weighted by Crippen LogP contribution is -2.54. The molecule has 2 N–H and O–H groups in total. The highest BCUT2D eigenvalue weighted by Gasteiger charge is 2.47. The highest BCUT2D eigenvalue weighted by atomic mass is 35.5. The van der Waals surface area contributed by atoms with Crippen LogP contribution in [0.5, 0.6) is 0 Å². The smallest absolute Gasteiger partial charge is 0.252 e. The topological polar surface area (TPSA) is 78.5 Å². The lowest BCUT2D eigenvalue weighted by molar-refractivity contribution is -0.133. The minimum atomic E-state index is -2.85. The van der Waals surface area contributed by atoms with Crippen molar-refractivity contribution in [3.05, 3.63) is 64.9 Å². The standard InChI is InChI=1S/C24H23ClF3N3O3/c25-19-7-2-1-6-18(19)22(23(34)30-16-12-24(27,28)13-16)31(17-5-3-4-14(26)10-17)21(33)11-15-8-9-20(32)29-15/h1-7,10,15-16,22H,8-9,11-13H2,(H,29,32)(H,30,34)/t15-,22?/m0/s1. The van der Waals surface area contributed by atoms with Gasteiger partial charge in [-0.05, 0) is 30.7 Å². The molecule has 1 aliphatic heterocycles. The Kier molecular flexibility index (Phi) is 6.84. The third-order valence-corrected chi connectivity index (χ3v) is 6.35. The molecule has 1 saturated carbocycles. The van der Waals surface area contributed by atoms with Crippen molar-refractivity contribution in [2.75, 3.05) is 4.90 Å². The van der Waals surface area contributed by atoms with Crippen molar-refractivity contribution < 1.29 is 27.6 Å². The molecule has 4 rings (SSSR count). The van der Waals surface area contributed by atoms with Gasteiger partial charge in [0.2, 0.25) is 17.7 Å². The van der Waals surface area contributed by atoms with Crippen LogP contribution in [0.4, 0.5) is 18.9 Å². The van der Waals surface area contributed by atoms with Gasteiger partial charge >= 0.3 is 0 Å². The number of halogens is 4. The molecule has 2 atom stereocenters. The van der Waals surface area contributed by atoms with Crippen LogP contribution in [0.15, 0.2) is 48.5 Å². The molecule has 0 spiro atoms. The van der Waals surface area contributed by atoms with Gasteiger partial charge in [0.1, 0.15) is 11.9 Å². The number of benzene rings is 2. The Morgan fingerprint density at radius 3 is 2.53 bits per heavy atom. The molecule has 1 aliphatic carbocycles. The van der Waals surface area contributed by atoms with E-state index in [1.165, 1.54) is 18.2 Å². The predicted molar refractivity (Wildman–Crippen MR) is 120 cm³/mol. The van der Waals surface area contributed by atoms with E-state index in [9.17, 15) is 27.6 Å². The molecule has 10 heteroatoms. The van der Waals surface area contributed by atoms with E-state index in [-0.39, 0.29) is 35.0 Å².